The maximum Gasteiger partial charge on any atom is 0.338 e. The van der Waals surface area contributed by atoms with Gasteiger partial charge in [-0.1, -0.05) is 99.1 Å². The van der Waals surface area contributed by atoms with Crippen LogP contribution in [0.1, 0.15) is 92.7 Å². The number of furan rings is 2. The minimum Gasteiger partial charge on any atom is -0.467 e. The number of para-hydroxylation sites is 4. The Labute approximate surface area is 706 Å². The number of amides is 6. The second-order valence-corrected chi connectivity index (χ2v) is 29.1. The van der Waals surface area contributed by atoms with Gasteiger partial charge >= 0.3 is 23.9 Å². The van der Waals surface area contributed by atoms with Crippen LogP contribution < -0.4 is 47.7 Å². The molecule has 608 valence electrons. The van der Waals surface area contributed by atoms with Gasteiger partial charge in [0, 0.05) is 88.1 Å². The SMILES string of the molecule is C=C(C)C(=O)Oc1ccc(N(C(=O)C(c2ccco2)N2C(=O)c3cc(Oc4ccccc4)c4c5c(Oc6ccccc6)cc6c7c(cc(Oc8ccccc8)c(c8c(Oc9ccccc9)cc(c3c48)C2=O)c75)C(=O)N(C(C(=O)N(c2ccc(OC(=O)C(=C)C)cc2)c2ccc(OC(=O)C(=C)C)cc2)c2ccco2)C6=O)c2ccc(OC(=O)C(=C)C)cc2)cc1. The van der Waals surface area contributed by atoms with Gasteiger partial charge < -0.3 is 46.7 Å². The fourth-order valence-electron chi connectivity index (χ4n) is 14.9. The lowest BCUT2D eigenvalue weighted by molar-refractivity contribution is -0.130. The number of nitrogens with zero attached hydrogens (tertiary/aromatic N) is 4. The number of hydrogen-bond acceptors (Lipinski definition) is 20. The van der Waals surface area contributed by atoms with Gasteiger partial charge in [0.1, 0.15) is 80.5 Å². The number of benzene rings is 13. The second-order valence-electron chi connectivity index (χ2n) is 29.1. The van der Waals surface area contributed by atoms with Gasteiger partial charge in [-0.3, -0.25) is 48.4 Å². The summed E-state index contributed by atoms with van der Waals surface area (Å²) < 4.78 is 63.4. The van der Waals surface area contributed by atoms with Gasteiger partial charge in [-0.25, -0.2) is 19.2 Å². The van der Waals surface area contributed by atoms with Crippen molar-refractivity contribution in [1.29, 1.82) is 0 Å². The van der Waals surface area contributed by atoms with Crippen molar-refractivity contribution >= 4 is 125 Å². The van der Waals surface area contributed by atoms with Crippen LogP contribution in [-0.4, -0.2) is 69.1 Å². The van der Waals surface area contributed by atoms with E-state index in [1.54, 1.807) is 121 Å². The molecule has 0 bridgehead atoms. The maximum absolute atomic E-state index is 17.0. The minimum atomic E-state index is -1.99. The van der Waals surface area contributed by atoms with Crippen molar-refractivity contribution < 1.29 is 94.7 Å². The summed E-state index contributed by atoms with van der Waals surface area (Å²) in [5, 5.41) is 0.740. The lowest BCUT2D eigenvalue weighted by Gasteiger charge is -2.37. The molecule has 4 heterocycles. The minimum absolute atomic E-state index is 0.00227. The summed E-state index contributed by atoms with van der Waals surface area (Å²) in [5.41, 5.74) is 0.144. The molecule has 2 unspecified atom stereocenters. The Morgan fingerprint density at radius 2 is 0.508 bits per heavy atom. The molecule has 6 amide bonds. The van der Waals surface area contributed by atoms with Crippen LogP contribution in [0.25, 0.3) is 43.1 Å². The van der Waals surface area contributed by atoms with E-state index < -0.39 is 71.4 Å². The molecule has 0 saturated heterocycles. The first-order valence-electron chi connectivity index (χ1n) is 38.7. The third kappa shape index (κ3) is 14.8. The summed E-state index contributed by atoms with van der Waals surface area (Å²) in [6.07, 6.45) is 2.55. The molecule has 0 fully saturated rings. The highest BCUT2D eigenvalue weighted by Crippen LogP contribution is 2.59. The lowest BCUT2D eigenvalue weighted by Crippen LogP contribution is -2.49. The predicted octanol–water partition coefficient (Wildman–Crippen LogP) is 21.4. The normalized spacial score (nSPS) is 12.6. The van der Waals surface area contributed by atoms with Crippen molar-refractivity contribution in [2.75, 3.05) is 9.80 Å². The topological polar surface area (TPSA) is 284 Å². The maximum atomic E-state index is 17.0. The van der Waals surface area contributed by atoms with Gasteiger partial charge in [0.2, 0.25) is 0 Å². The van der Waals surface area contributed by atoms with Gasteiger partial charge in [-0.15, -0.1) is 0 Å². The summed E-state index contributed by atoms with van der Waals surface area (Å²) in [7, 11) is 0. The number of fused-ring (bicyclic) bond motifs is 2. The van der Waals surface area contributed by atoms with Crippen molar-refractivity contribution in [3.05, 3.63) is 362 Å². The molecular formula is C100H68N4O20. The van der Waals surface area contributed by atoms with E-state index in [1.807, 2.05) is 0 Å². The number of hydrogen-bond donors (Lipinski definition) is 0. The molecule has 24 nitrogen and oxygen atoms in total. The number of esters is 4. The Bertz CT molecular complexity index is 6160. The predicted molar refractivity (Wildman–Crippen MR) is 459 cm³/mol. The molecule has 2 aliphatic rings. The monoisotopic (exact) mass is 1640 g/mol. The molecule has 124 heavy (non-hydrogen) atoms. The van der Waals surface area contributed by atoms with Gasteiger partial charge in [-0.2, -0.15) is 0 Å². The van der Waals surface area contributed by atoms with E-state index in [2.05, 4.69) is 26.3 Å². The summed E-state index contributed by atoms with van der Waals surface area (Å²) in [6.45, 7) is 20.7. The zero-order valence-electron chi connectivity index (χ0n) is 66.5. The van der Waals surface area contributed by atoms with Crippen LogP contribution in [0.3, 0.4) is 0 Å². The van der Waals surface area contributed by atoms with Crippen molar-refractivity contribution in [2.45, 2.75) is 39.8 Å². The zero-order valence-corrected chi connectivity index (χ0v) is 66.5. The Balaban J connectivity index is 0.927. The van der Waals surface area contributed by atoms with E-state index in [0.29, 0.717) is 0 Å². The fraction of sp³-hybridized carbons (Fsp3) is 0.0600. The summed E-state index contributed by atoms with van der Waals surface area (Å²) in [4.78, 5) is 157. The third-order valence-electron chi connectivity index (χ3n) is 20.5. The quantitative estimate of drug-likeness (QED) is 0.0122. The van der Waals surface area contributed by atoms with E-state index >= 15 is 28.8 Å². The number of rotatable bonds is 26. The van der Waals surface area contributed by atoms with Crippen LogP contribution in [0.4, 0.5) is 22.7 Å². The Kier molecular flexibility index (Phi) is 21.0. The average Bonchev–Trinajstić information content (AvgIpc) is 0.712. The second kappa shape index (κ2) is 32.7. The van der Waals surface area contributed by atoms with E-state index in [0.717, 1.165) is 9.80 Å². The van der Waals surface area contributed by atoms with Gasteiger partial charge in [0.05, 0.1) is 34.8 Å². The van der Waals surface area contributed by atoms with E-state index in [-0.39, 0.29) is 191 Å². The molecule has 0 spiro atoms. The van der Waals surface area contributed by atoms with Crippen LogP contribution >= 0.6 is 0 Å². The van der Waals surface area contributed by atoms with Crippen LogP contribution in [0, 0.1) is 0 Å². The highest BCUT2D eigenvalue weighted by atomic mass is 16.6. The van der Waals surface area contributed by atoms with E-state index in [1.165, 1.54) is 196 Å². The largest absolute Gasteiger partial charge is 0.467 e. The van der Waals surface area contributed by atoms with Gasteiger partial charge in [0.25, 0.3) is 35.4 Å². The van der Waals surface area contributed by atoms with Crippen LogP contribution in [-0.2, 0) is 28.8 Å². The summed E-state index contributed by atoms with van der Waals surface area (Å²) in [5.74, 6) is -8.46. The first-order valence-corrected chi connectivity index (χ1v) is 38.7. The number of imide groups is 2. The van der Waals surface area contributed by atoms with Crippen molar-refractivity contribution in [3.63, 3.8) is 0 Å². The molecule has 17 rings (SSSR count). The van der Waals surface area contributed by atoms with E-state index in [4.69, 9.17) is 46.7 Å². The van der Waals surface area contributed by atoms with Crippen LogP contribution in [0.15, 0.2) is 337 Å². The molecular weight excluding hydrogens is 1580 g/mol. The number of carbonyl (C=O) groups excluding carboxylic acids is 10. The molecule has 15 aromatic rings. The Morgan fingerprint density at radius 3 is 0.710 bits per heavy atom. The Hall–Kier alpha value is -17.0. The van der Waals surface area contributed by atoms with Crippen molar-refractivity contribution in [1.82, 2.24) is 9.80 Å². The molecule has 2 aliphatic heterocycles. The molecule has 0 aliphatic carbocycles. The fourth-order valence-corrected chi connectivity index (χ4v) is 14.9. The third-order valence-corrected chi connectivity index (χ3v) is 20.5. The van der Waals surface area contributed by atoms with Crippen LogP contribution in [0.5, 0.6) is 69.0 Å². The van der Waals surface area contributed by atoms with E-state index in [9.17, 15) is 19.2 Å². The van der Waals surface area contributed by atoms with Gasteiger partial charge in [-0.05, 0) is 222 Å². The average molecular weight is 1650 g/mol. The standard InChI is InChI=1S/C100H68N4O20/c1-55(2)97(111)121-67-41-33-59(34-42-67)101(60-35-43-68(44-36-60)122-98(112)56(3)4)95(109)89(75-31-21-49-115-75)103-91(105)71-51-77(117-63-23-13-9-14-24-63)83-85-79(119-65-27-17-11-18-28-65)53-73-82-74(54-80(120-66-29-19-12-20-30-66)86(88(82)85)84-78(118-64-25-15-10-16-26-64)52-72(92(103)106)81(71)87(83)84)94(108)104(93(73)107)90(76-32-22-50-116-76)96(110)102(61-37-45-69(46-38-61)123-99(113)57(5)6)62-39-47-70(48-40-62)124-100(114)58(7)8/h9-54,89-90H,1,3,5,7H2,2,4,6,8H3. The lowest BCUT2D eigenvalue weighted by atomic mass is 9.80. The number of anilines is 4. The highest BCUT2D eigenvalue weighted by Gasteiger charge is 2.50. The number of ether oxygens (including phenoxy) is 8. The molecule has 13 aromatic carbocycles. The smallest absolute Gasteiger partial charge is 0.338 e. The molecule has 24 heteroatoms. The first-order chi connectivity index (χ1) is 60.0. The summed E-state index contributed by atoms with van der Waals surface area (Å²) >= 11 is 0. The first kappa shape index (κ1) is 79.4. The molecule has 0 radical (unpaired) electrons. The molecule has 0 N–H and O–H groups in total. The molecule has 2 atom stereocenters. The number of carbonyl (C=O) groups is 10. The van der Waals surface area contributed by atoms with Crippen molar-refractivity contribution in [2.24, 2.45) is 0 Å². The zero-order chi connectivity index (χ0) is 86.5. The molecule has 0 saturated carbocycles. The molecule has 2 aromatic heterocycles. The van der Waals surface area contributed by atoms with Crippen molar-refractivity contribution in [3.8, 4) is 69.0 Å². The van der Waals surface area contributed by atoms with Crippen LogP contribution in [0.2, 0.25) is 0 Å². The summed E-state index contributed by atoms with van der Waals surface area (Å²) in [6, 6.07) is 65.2. The van der Waals surface area contributed by atoms with Gasteiger partial charge in [0.15, 0.2) is 12.1 Å². The highest BCUT2D eigenvalue weighted by molar-refractivity contribution is 6.45. The Morgan fingerprint density at radius 1 is 0.282 bits per heavy atom.